The van der Waals surface area contributed by atoms with Crippen molar-refractivity contribution in [3.63, 3.8) is 0 Å². The van der Waals surface area contributed by atoms with Gasteiger partial charge in [0.05, 0.1) is 18.5 Å². The average Bonchev–Trinajstić information content (AvgIpc) is 2.90. The van der Waals surface area contributed by atoms with Gasteiger partial charge in [-0.2, -0.15) is 15.1 Å². The van der Waals surface area contributed by atoms with Crippen LogP contribution in [0.2, 0.25) is 0 Å². The van der Waals surface area contributed by atoms with Gasteiger partial charge in [0, 0.05) is 5.56 Å². The minimum absolute atomic E-state index is 0.304. The number of hydrogen-bond acceptors (Lipinski definition) is 5. The van der Waals surface area contributed by atoms with E-state index in [4.69, 9.17) is 4.74 Å². The fraction of sp³-hybridized carbons (Fsp3) is 0.158. The Kier molecular flexibility index (Phi) is 3.46. The molecule has 0 N–H and O–H groups in total. The molecule has 2 aliphatic heterocycles. The summed E-state index contributed by atoms with van der Waals surface area (Å²) in [6, 6.07) is 11.8. The lowest BCUT2D eigenvalue weighted by atomic mass is 10.0. The second kappa shape index (κ2) is 5.66. The summed E-state index contributed by atoms with van der Waals surface area (Å²) in [5.74, 6) is 0.628. The molecule has 2 heterocycles. The van der Waals surface area contributed by atoms with Crippen molar-refractivity contribution in [1.29, 1.82) is 0 Å². The number of hydrazone groups is 1. The van der Waals surface area contributed by atoms with Gasteiger partial charge in [0.2, 0.25) is 0 Å². The minimum Gasteiger partial charge on any atom is -0.496 e. The van der Waals surface area contributed by atoms with Gasteiger partial charge in [0.25, 0.3) is 11.9 Å². The number of methoxy groups -OCH3 is 1. The third kappa shape index (κ3) is 2.42. The van der Waals surface area contributed by atoms with Crippen LogP contribution in [-0.4, -0.2) is 35.4 Å². The van der Waals surface area contributed by atoms with Crippen LogP contribution in [-0.2, 0) is 4.79 Å². The standard InChI is InChI=1S/C19H16N4O2/c1-11-12(2)22-23-16(18(24)21-19(23)20-11)10-15-14-7-5-4-6-13(14)8-9-17(15)25-3/h4-10H,1-3H3. The number of carbonyl (C=O) groups excluding carboxylic acids is 1. The van der Waals surface area contributed by atoms with E-state index in [9.17, 15) is 4.79 Å². The third-order valence-corrected chi connectivity index (χ3v) is 4.31. The lowest BCUT2D eigenvalue weighted by Crippen LogP contribution is -2.28. The van der Waals surface area contributed by atoms with Crippen LogP contribution in [0.4, 0.5) is 0 Å². The predicted octanol–water partition coefficient (Wildman–Crippen LogP) is 3.24. The highest BCUT2D eigenvalue weighted by Crippen LogP contribution is 2.32. The van der Waals surface area contributed by atoms with Crippen molar-refractivity contribution in [3.05, 3.63) is 47.7 Å². The highest BCUT2D eigenvalue weighted by Gasteiger charge is 2.32. The van der Waals surface area contributed by atoms with Crippen LogP contribution in [0.5, 0.6) is 5.75 Å². The maximum absolute atomic E-state index is 12.4. The number of carbonyl (C=O) groups is 1. The molecule has 0 aromatic heterocycles. The molecule has 0 radical (unpaired) electrons. The molecule has 6 nitrogen and oxygen atoms in total. The number of amides is 1. The first kappa shape index (κ1) is 15.3. The van der Waals surface area contributed by atoms with Crippen molar-refractivity contribution in [3.8, 4) is 5.75 Å². The number of hydrogen-bond donors (Lipinski definition) is 0. The molecule has 2 aliphatic rings. The van der Waals surface area contributed by atoms with E-state index in [2.05, 4.69) is 15.1 Å². The number of nitrogens with zero attached hydrogens (tertiary/aromatic N) is 4. The molecule has 1 amide bonds. The summed E-state index contributed by atoms with van der Waals surface area (Å²) in [6.07, 6.45) is 1.77. The Labute approximate surface area is 144 Å². The molecule has 0 spiro atoms. The molecule has 2 aromatic carbocycles. The van der Waals surface area contributed by atoms with E-state index in [1.807, 2.05) is 50.2 Å². The molecule has 0 fully saturated rings. The van der Waals surface area contributed by atoms with E-state index in [1.165, 1.54) is 5.01 Å². The summed E-state index contributed by atoms with van der Waals surface area (Å²) in [5.41, 5.74) is 2.69. The second-order valence-corrected chi connectivity index (χ2v) is 5.84. The van der Waals surface area contributed by atoms with Gasteiger partial charge in [0.15, 0.2) is 0 Å². The highest BCUT2D eigenvalue weighted by molar-refractivity contribution is 6.43. The first-order valence-electron chi connectivity index (χ1n) is 7.90. The molecule has 25 heavy (non-hydrogen) atoms. The summed E-state index contributed by atoms with van der Waals surface area (Å²) in [7, 11) is 1.61. The zero-order valence-electron chi connectivity index (χ0n) is 14.1. The van der Waals surface area contributed by atoms with E-state index in [-0.39, 0.29) is 5.91 Å². The van der Waals surface area contributed by atoms with E-state index < -0.39 is 0 Å². The van der Waals surface area contributed by atoms with Crippen molar-refractivity contribution in [2.45, 2.75) is 13.8 Å². The Hall–Kier alpha value is -3.28. The first-order chi connectivity index (χ1) is 12.1. The first-order valence-corrected chi connectivity index (χ1v) is 7.90. The maximum atomic E-state index is 12.4. The summed E-state index contributed by atoms with van der Waals surface area (Å²) < 4.78 is 5.50. The molecule has 0 bridgehead atoms. The van der Waals surface area contributed by atoms with Gasteiger partial charge in [-0.3, -0.25) is 4.79 Å². The molecule has 0 aliphatic carbocycles. The number of fused-ring (bicyclic) bond motifs is 2. The lowest BCUT2D eigenvalue weighted by molar-refractivity contribution is -0.114. The molecule has 0 saturated heterocycles. The molecular weight excluding hydrogens is 316 g/mol. The van der Waals surface area contributed by atoms with Crippen LogP contribution in [0.15, 0.2) is 57.2 Å². The van der Waals surface area contributed by atoms with Crippen LogP contribution in [0.3, 0.4) is 0 Å². The van der Waals surface area contributed by atoms with Gasteiger partial charge in [0.1, 0.15) is 11.4 Å². The van der Waals surface area contributed by atoms with Crippen molar-refractivity contribution in [1.82, 2.24) is 5.01 Å². The van der Waals surface area contributed by atoms with Crippen molar-refractivity contribution in [2.24, 2.45) is 15.1 Å². The molecule has 4 rings (SSSR count). The Bertz CT molecular complexity index is 1030. The van der Waals surface area contributed by atoms with Crippen LogP contribution < -0.4 is 4.74 Å². The topological polar surface area (TPSA) is 66.6 Å². The summed E-state index contributed by atoms with van der Waals surface area (Å²) >= 11 is 0. The number of benzene rings is 2. The number of ether oxygens (including phenoxy) is 1. The van der Waals surface area contributed by atoms with Crippen LogP contribution >= 0.6 is 0 Å². The van der Waals surface area contributed by atoms with Crippen LogP contribution in [0.1, 0.15) is 19.4 Å². The van der Waals surface area contributed by atoms with Crippen molar-refractivity contribution < 1.29 is 9.53 Å². The SMILES string of the molecule is COc1ccc2ccccc2c1C=C1C(=O)N=C2N=C(C)C(C)=NN12. The zero-order chi connectivity index (χ0) is 17.6. The number of guanidine groups is 1. The van der Waals surface area contributed by atoms with Crippen LogP contribution in [0, 0.1) is 0 Å². The van der Waals surface area contributed by atoms with Crippen molar-refractivity contribution in [2.75, 3.05) is 7.11 Å². The van der Waals surface area contributed by atoms with Gasteiger partial charge >= 0.3 is 0 Å². The average molecular weight is 332 g/mol. The molecule has 0 saturated carbocycles. The molecule has 6 heteroatoms. The van der Waals surface area contributed by atoms with E-state index in [0.29, 0.717) is 17.4 Å². The Morgan fingerprint density at radius 2 is 1.84 bits per heavy atom. The molecule has 124 valence electrons. The second-order valence-electron chi connectivity index (χ2n) is 5.84. The van der Waals surface area contributed by atoms with Gasteiger partial charge < -0.3 is 4.74 Å². The minimum atomic E-state index is -0.361. The third-order valence-electron chi connectivity index (χ3n) is 4.31. The molecular formula is C19H16N4O2. The predicted molar refractivity (Wildman–Crippen MR) is 99.0 cm³/mol. The fourth-order valence-corrected chi connectivity index (χ4v) is 2.88. The summed E-state index contributed by atoms with van der Waals surface area (Å²) in [6.45, 7) is 3.70. The quantitative estimate of drug-likeness (QED) is 0.793. The largest absolute Gasteiger partial charge is 0.496 e. The Morgan fingerprint density at radius 3 is 2.64 bits per heavy atom. The van der Waals surface area contributed by atoms with Gasteiger partial charge in [-0.05, 0) is 36.8 Å². The van der Waals surface area contributed by atoms with Crippen molar-refractivity contribution >= 4 is 40.1 Å². The molecule has 0 unspecified atom stereocenters. The smallest absolute Gasteiger partial charge is 0.299 e. The van der Waals surface area contributed by atoms with Gasteiger partial charge in [-0.25, -0.2) is 4.99 Å². The lowest BCUT2D eigenvalue weighted by Gasteiger charge is -2.19. The van der Waals surface area contributed by atoms with Gasteiger partial charge in [-0.15, -0.1) is 0 Å². The summed E-state index contributed by atoms with van der Waals surface area (Å²) in [5, 5.41) is 8.00. The molecule has 0 atom stereocenters. The zero-order valence-corrected chi connectivity index (χ0v) is 14.1. The van der Waals surface area contributed by atoms with E-state index in [1.54, 1.807) is 13.2 Å². The van der Waals surface area contributed by atoms with Crippen LogP contribution in [0.25, 0.3) is 16.8 Å². The maximum Gasteiger partial charge on any atom is 0.299 e. The highest BCUT2D eigenvalue weighted by atomic mass is 16.5. The van der Waals surface area contributed by atoms with Gasteiger partial charge in [-0.1, -0.05) is 30.3 Å². The Morgan fingerprint density at radius 1 is 1.04 bits per heavy atom. The summed E-state index contributed by atoms with van der Waals surface area (Å²) in [4.78, 5) is 20.8. The van der Waals surface area contributed by atoms with E-state index >= 15 is 0 Å². The molecule has 2 aromatic rings. The number of rotatable bonds is 2. The van der Waals surface area contributed by atoms with E-state index in [0.717, 1.165) is 27.8 Å². The fourth-order valence-electron chi connectivity index (χ4n) is 2.88. The number of aliphatic imine (C=N–C) groups is 2. The Balaban J connectivity index is 1.90. The normalized spacial score (nSPS) is 18.2. The monoisotopic (exact) mass is 332 g/mol.